The van der Waals surface area contributed by atoms with Crippen molar-refractivity contribution in [2.75, 3.05) is 13.2 Å². The molecule has 0 spiro atoms. The van der Waals surface area contributed by atoms with Crippen molar-refractivity contribution < 1.29 is 24.9 Å². The van der Waals surface area contributed by atoms with E-state index in [2.05, 4.69) is 0 Å². The van der Waals surface area contributed by atoms with E-state index in [4.69, 9.17) is 21.4 Å². The third kappa shape index (κ3) is 5.32. The minimum Gasteiger partial charge on any atom is -0.480 e. The van der Waals surface area contributed by atoms with Crippen LogP contribution in [0.2, 0.25) is 5.02 Å². The minimum atomic E-state index is -0.940. The highest BCUT2D eigenvalue weighted by Gasteiger charge is 2.46. The van der Waals surface area contributed by atoms with E-state index in [0.717, 1.165) is 31.2 Å². The van der Waals surface area contributed by atoms with Crippen LogP contribution in [0.25, 0.3) is 0 Å². The summed E-state index contributed by atoms with van der Waals surface area (Å²) < 4.78 is 5.16. The highest BCUT2D eigenvalue weighted by Crippen LogP contribution is 2.51. The van der Waals surface area contributed by atoms with E-state index in [1.54, 1.807) is 18.2 Å². The zero-order valence-corrected chi connectivity index (χ0v) is 16.0. The summed E-state index contributed by atoms with van der Waals surface area (Å²) in [7, 11) is 0. The van der Waals surface area contributed by atoms with E-state index in [1.165, 1.54) is 0 Å². The molecule has 5 nitrogen and oxygen atoms in total. The molecular formula is C21H27ClO5. The highest BCUT2D eigenvalue weighted by atomic mass is 35.5. The van der Waals surface area contributed by atoms with Gasteiger partial charge in [0.05, 0.1) is 12.2 Å². The highest BCUT2D eigenvalue weighted by molar-refractivity contribution is 6.30. The standard InChI is InChI=1S/C21H27ClO5/c22-16-3-1-2-14(10-16)19(23)5-4-17-18-9-13(6-7-27-12-21(25)26)8-15(18)11-20(17)24/h1-5,10,13,15,17-20,23-24H,6-9,11-12H2,(H,25,26)/t13?,15-,17+,18+,19?,20+/m0/s1. The summed E-state index contributed by atoms with van der Waals surface area (Å²) >= 11 is 5.98. The van der Waals surface area contributed by atoms with Crippen molar-refractivity contribution >= 4 is 17.6 Å². The Morgan fingerprint density at radius 2 is 2.15 bits per heavy atom. The minimum absolute atomic E-state index is 0.0498. The van der Waals surface area contributed by atoms with E-state index in [0.29, 0.717) is 29.4 Å². The van der Waals surface area contributed by atoms with Crippen molar-refractivity contribution in [3.05, 3.63) is 47.0 Å². The molecule has 0 radical (unpaired) electrons. The molecule has 2 fully saturated rings. The van der Waals surface area contributed by atoms with Crippen molar-refractivity contribution in [2.45, 2.75) is 37.9 Å². The van der Waals surface area contributed by atoms with Crippen molar-refractivity contribution in [1.29, 1.82) is 0 Å². The lowest BCUT2D eigenvalue weighted by molar-refractivity contribution is -0.142. The number of rotatable bonds is 8. The number of aliphatic hydroxyl groups excluding tert-OH is 2. The van der Waals surface area contributed by atoms with Gasteiger partial charge in [0.15, 0.2) is 0 Å². The van der Waals surface area contributed by atoms with Crippen LogP contribution in [0.1, 0.15) is 37.4 Å². The number of fused-ring (bicyclic) bond motifs is 1. The Bertz CT molecular complexity index is 676. The molecule has 1 aromatic rings. The second-order valence-corrected chi connectivity index (χ2v) is 8.20. The lowest BCUT2D eigenvalue weighted by Crippen LogP contribution is -2.18. The molecule has 148 valence electrons. The van der Waals surface area contributed by atoms with Gasteiger partial charge in [0.2, 0.25) is 0 Å². The molecule has 2 aliphatic carbocycles. The molecule has 0 amide bonds. The molecule has 6 heteroatoms. The Morgan fingerprint density at radius 3 is 2.89 bits per heavy atom. The van der Waals surface area contributed by atoms with Crippen LogP contribution < -0.4 is 0 Å². The van der Waals surface area contributed by atoms with Crippen molar-refractivity contribution in [3.63, 3.8) is 0 Å². The number of hydrogen-bond donors (Lipinski definition) is 3. The summed E-state index contributed by atoms with van der Waals surface area (Å²) in [5, 5.41) is 30.0. The molecule has 6 atom stereocenters. The topological polar surface area (TPSA) is 87.0 Å². The lowest BCUT2D eigenvalue weighted by atomic mass is 9.89. The molecule has 0 aromatic heterocycles. The van der Waals surface area contributed by atoms with Crippen LogP contribution in [0.15, 0.2) is 36.4 Å². The maximum Gasteiger partial charge on any atom is 0.329 e. The number of carboxylic acids is 1. The van der Waals surface area contributed by atoms with Gasteiger partial charge < -0.3 is 20.1 Å². The molecule has 0 saturated heterocycles. The maximum atomic E-state index is 10.5. The molecule has 3 rings (SSSR count). The first kappa shape index (κ1) is 20.3. The number of aliphatic hydroxyl groups is 2. The fraction of sp³-hybridized carbons (Fsp3) is 0.571. The number of ether oxygens (including phenoxy) is 1. The van der Waals surface area contributed by atoms with Crippen LogP contribution in [-0.4, -0.2) is 40.6 Å². The molecule has 3 N–H and O–H groups in total. The van der Waals surface area contributed by atoms with Gasteiger partial charge in [-0.1, -0.05) is 35.9 Å². The molecule has 0 aliphatic heterocycles. The number of carboxylic acid groups (broad SMARTS) is 1. The predicted molar refractivity (Wildman–Crippen MR) is 102 cm³/mol. The quantitative estimate of drug-likeness (QED) is 0.464. The van der Waals surface area contributed by atoms with Gasteiger partial charge in [0, 0.05) is 17.5 Å². The number of halogens is 1. The van der Waals surface area contributed by atoms with Crippen LogP contribution in [0.5, 0.6) is 0 Å². The van der Waals surface area contributed by atoms with Crippen LogP contribution in [-0.2, 0) is 9.53 Å². The molecule has 27 heavy (non-hydrogen) atoms. The van der Waals surface area contributed by atoms with Crippen molar-refractivity contribution in [3.8, 4) is 0 Å². The average Bonchev–Trinajstić information content (AvgIpc) is 3.13. The Labute approximate surface area is 164 Å². The molecule has 2 saturated carbocycles. The number of carbonyl (C=O) groups is 1. The first-order chi connectivity index (χ1) is 12.9. The van der Waals surface area contributed by atoms with Gasteiger partial charge in [-0.2, -0.15) is 0 Å². The molecule has 2 unspecified atom stereocenters. The fourth-order valence-corrected chi connectivity index (χ4v) is 4.92. The van der Waals surface area contributed by atoms with Gasteiger partial charge in [-0.15, -0.1) is 0 Å². The summed E-state index contributed by atoms with van der Waals surface area (Å²) in [6, 6.07) is 7.15. The van der Waals surface area contributed by atoms with E-state index < -0.39 is 12.1 Å². The predicted octanol–water partition coefficient (Wildman–Crippen LogP) is 3.44. The van der Waals surface area contributed by atoms with E-state index >= 15 is 0 Å². The Morgan fingerprint density at radius 1 is 1.33 bits per heavy atom. The molecule has 1 aromatic carbocycles. The van der Waals surface area contributed by atoms with Gasteiger partial charge in [-0.25, -0.2) is 4.79 Å². The Hall–Kier alpha value is -1.40. The summed E-state index contributed by atoms with van der Waals surface area (Å²) in [5.41, 5.74) is 0.739. The summed E-state index contributed by atoms with van der Waals surface area (Å²) in [4.78, 5) is 10.5. The van der Waals surface area contributed by atoms with Crippen LogP contribution in [0, 0.1) is 23.7 Å². The number of aliphatic carboxylic acids is 1. The second-order valence-electron chi connectivity index (χ2n) is 7.76. The van der Waals surface area contributed by atoms with Crippen LogP contribution in [0.3, 0.4) is 0 Å². The molecule has 0 bridgehead atoms. The zero-order valence-electron chi connectivity index (χ0n) is 15.2. The first-order valence-electron chi connectivity index (χ1n) is 9.53. The van der Waals surface area contributed by atoms with Gasteiger partial charge >= 0.3 is 5.97 Å². The van der Waals surface area contributed by atoms with E-state index in [-0.39, 0.29) is 18.6 Å². The summed E-state index contributed by atoms with van der Waals surface area (Å²) in [5.74, 6) is 0.517. The van der Waals surface area contributed by atoms with Crippen molar-refractivity contribution in [2.24, 2.45) is 23.7 Å². The molecular weight excluding hydrogens is 368 g/mol. The Kier molecular flexibility index (Phi) is 6.93. The third-order valence-corrected chi connectivity index (χ3v) is 6.17. The zero-order chi connectivity index (χ0) is 19.4. The summed E-state index contributed by atoms with van der Waals surface area (Å²) in [6.45, 7) is 0.220. The van der Waals surface area contributed by atoms with Gasteiger partial charge in [-0.05, 0) is 61.1 Å². The molecule has 0 heterocycles. The normalized spacial score (nSPS) is 31.3. The lowest BCUT2D eigenvalue weighted by Gasteiger charge is -2.19. The fourth-order valence-electron chi connectivity index (χ4n) is 4.72. The van der Waals surface area contributed by atoms with Gasteiger partial charge in [0.25, 0.3) is 0 Å². The smallest absolute Gasteiger partial charge is 0.329 e. The number of benzene rings is 1. The van der Waals surface area contributed by atoms with E-state index in [1.807, 2.05) is 18.2 Å². The molecule has 2 aliphatic rings. The largest absolute Gasteiger partial charge is 0.480 e. The van der Waals surface area contributed by atoms with E-state index in [9.17, 15) is 15.0 Å². The first-order valence-corrected chi connectivity index (χ1v) is 9.91. The maximum absolute atomic E-state index is 10.5. The van der Waals surface area contributed by atoms with Crippen LogP contribution >= 0.6 is 11.6 Å². The summed E-state index contributed by atoms with van der Waals surface area (Å²) in [6.07, 6.45) is 6.33. The number of hydrogen-bond acceptors (Lipinski definition) is 4. The second kappa shape index (κ2) is 9.20. The van der Waals surface area contributed by atoms with Gasteiger partial charge in [0.1, 0.15) is 6.61 Å². The van der Waals surface area contributed by atoms with Gasteiger partial charge in [-0.3, -0.25) is 0 Å². The average molecular weight is 395 g/mol. The Balaban J connectivity index is 1.54. The van der Waals surface area contributed by atoms with Crippen molar-refractivity contribution in [1.82, 2.24) is 0 Å². The SMILES string of the molecule is O=C(O)COCCC1C[C@H]2C[C@@H](O)[C@H](C=CC(O)c3cccc(Cl)c3)[C@@H]2C1. The van der Waals surface area contributed by atoms with Crippen LogP contribution in [0.4, 0.5) is 0 Å². The monoisotopic (exact) mass is 394 g/mol. The third-order valence-electron chi connectivity index (χ3n) is 5.93.